The van der Waals surface area contributed by atoms with Crippen molar-refractivity contribution in [3.05, 3.63) is 65.2 Å². The molecule has 4 fully saturated rings. The van der Waals surface area contributed by atoms with Gasteiger partial charge in [-0.15, -0.1) is 0 Å². The van der Waals surface area contributed by atoms with Crippen LogP contribution in [0.4, 0.5) is 19.3 Å². The van der Waals surface area contributed by atoms with Crippen LogP contribution in [0.1, 0.15) is 63.5 Å². The highest BCUT2D eigenvalue weighted by Gasteiger charge is 2.50. The Balaban J connectivity index is 1.38. The number of benzene rings is 2. The van der Waals surface area contributed by atoms with E-state index in [2.05, 4.69) is 21.3 Å². The first-order valence-corrected chi connectivity index (χ1v) is 21.9. The van der Waals surface area contributed by atoms with Crippen LogP contribution < -0.4 is 21.3 Å². The molecule has 4 saturated heterocycles. The number of urea groups is 1. The van der Waals surface area contributed by atoms with E-state index in [4.69, 9.17) is 9.26 Å². The average Bonchev–Trinajstić information content (AvgIpc) is 3.86. The SMILES string of the molecule is Cc1ccc(NC(=O)N[C@@H](Cc2cc(F)cc(F)c2)C(=O)N[C@@H]2C(=O)N3C[C@H](OP(=O)(O)O)C[C@H]3C(=O)N3CCCC[C@H]3C(=O)N[C@@H](C)C(=O)N3CCC[C@H]3C(=O)O[C@H]2C)cc1. The van der Waals surface area contributed by atoms with Crippen LogP contribution in [0, 0.1) is 18.6 Å². The number of hydrogen-bond acceptors (Lipinski definition) is 10. The molecule has 62 heavy (non-hydrogen) atoms. The van der Waals surface area contributed by atoms with Gasteiger partial charge in [0.05, 0.1) is 6.10 Å². The van der Waals surface area contributed by atoms with E-state index in [1.165, 1.54) is 23.6 Å². The van der Waals surface area contributed by atoms with Gasteiger partial charge in [-0.2, -0.15) is 0 Å². The Bertz CT molecular complexity index is 2110. The summed E-state index contributed by atoms with van der Waals surface area (Å²) < 4.78 is 51.5. The number of nitrogens with one attached hydrogen (secondary N) is 4. The van der Waals surface area contributed by atoms with Gasteiger partial charge in [0.2, 0.25) is 29.5 Å². The number of phosphoric acid groups is 1. The zero-order chi connectivity index (χ0) is 45.0. The van der Waals surface area contributed by atoms with Gasteiger partial charge < -0.3 is 50.5 Å². The number of anilines is 1. The number of fused-ring (bicyclic) bond motifs is 3. The third kappa shape index (κ3) is 11.1. The molecule has 2 aromatic carbocycles. The fourth-order valence-electron chi connectivity index (χ4n) is 8.38. The van der Waals surface area contributed by atoms with E-state index in [9.17, 15) is 56.7 Å². The monoisotopic (exact) mass is 889 g/mol. The maximum Gasteiger partial charge on any atom is 0.469 e. The average molecular weight is 890 g/mol. The van der Waals surface area contributed by atoms with Gasteiger partial charge in [0.1, 0.15) is 54.0 Å². The molecule has 336 valence electrons. The highest BCUT2D eigenvalue weighted by Crippen LogP contribution is 2.41. The third-order valence-corrected chi connectivity index (χ3v) is 11.9. The largest absolute Gasteiger partial charge is 0.469 e. The minimum absolute atomic E-state index is 0.0584. The molecule has 8 atom stereocenters. The van der Waals surface area contributed by atoms with Crippen molar-refractivity contribution in [2.24, 2.45) is 0 Å². The lowest BCUT2D eigenvalue weighted by molar-refractivity contribution is -0.163. The van der Waals surface area contributed by atoms with E-state index < -0.39 is 129 Å². The van der Waals surface area contributed by atoms with Gasteiger partial charge in [0.15, 0.2) is 0 Å². The number of hydrogen-bond donors (Lipinski definition) is 6. The Hall–Kier alpha value is -5.50. The molecule has 0 radical (unpaired) electrons. The van der Waals surface area contributed by atoms with Crippen molar-refractivity contribution in [2.75, 3.05) is 25.0 Å². The van der Waals surface area contributed by atoms with Crippen LogP contribution in [0.3, 0.4) is 0 Å². The molecule has 0 spiro atoms. The Morgan fingerprint density at radius 3 is 2.21 bits per heavy atom. The number of halogens is 2. The van der Waals surface area contributed by atoms with Gasteiger partial charge in [0, 0.05) is 44.2 Å². The standard InChI is InChI=1S/C40H50F2N7O12P/c1-21-9-11-27(12-10-21)44-40(56)45-29(17-24-15-25(41)18-26(42)16-24)34(50)46-33-23(3)60-39(55)31-8-6-14-48(31)36(52)22(2)43-35(51)30-7-4-5-13-47(30)37(53)32-19-28(61-62(57,58)59)20-49(32)38(33)54/h9-12,15-16,18,22-23,28-33H,4-8,13-14,17,19-20H2,1-3H3,(H,43,51)(H,46,50)(H2,44,45,56)(H2,57,58,59)/t22-,23-,28+,29-,30-,31-,32-,33-/m0/s1. The van der Waals surface area contributed by atoms with Crippen molar-refractivity contribution >= 4 is 55.0 Å². The summed E-state index contributed by atoms with van der Waals surface area (Å²) in [6.07, 6.45) is -2.22. The topological polar surface area (TPSA) is 253 Å². The molecule has 0 unspecified atom stereocenters. The van der Waals surface area contributed by atoms with Gasteiger partial charge >= 0.3 is 19.8 Å². The number of piperidine rings is 1. The molecule has 4 heterocycles. The van der Waals surface area contributed by atoms with Gasteiger partial charge in [-0.05, 0) is 82.7 Å². The normalized spacial score (nSPS) is 26.8. The van der Waals surface area contributed by atoms with E-state index in [0.717, 1.165) is 22.6 Å². The second kappa shape index (κ2) is 19.3. The second-order valence-electron chi connectivity index (χ2n) is 16.1. The molecule has 0 aliphatic carbocycles. The van der Waals surface area contributed by atoms with Crippen molar-refractivity contribution in [1.29, 1.82) is 0 Å². The van der Waals surface area contributed by atoms with Crippen LogP contribution in [0.5, 0.6) is 0 Å². The van der Waals surface area contributed by atoms with Crippen LogP contribution in [-0.4, -0.2) is 134 Å². The highest BCUT2D eigenvalue weighted by atomic mass is 31.2. The van der Waals surface area contributed by atoms with Crippen molar-refractivity contribution in [2.45, 2.75) is 114 Å². The molecule has 0 bridgehead atoms. The summed E-state index contributed by atoms with van der Waals surface area (Å²) in [7, 11) is -5.20. The predicted octanol–water partition coefficient (Wildman–Crippen LogP) is 1.39. The van der Waals surface area contributed by atoms with Crippen LogP contribution in [-0.2, 0) is 49.0 Å². The van der Waals surface area contributed by atoms with E-state index in [0.29, 0.717) is 31.0 Å². The van der Waals surface area contributed by atoms with Gasteiger partial charge in [0.25, 0.3) is 0 Å². The summed E-state index contributed by atoms with van der Waals surface area (Å²) in [5.74, 6) is -7.13. The van der Waals surface area contributed by atoms with Crippen molar-refractivity contribution in [3.63, 3.8) is 0 Å². The highest BCUT2D eigenvalue weighted by molar-refractivity contribution is 7.46. The summed E-state index contributed by atoms with van der Waals surface area (Å²) in [4.78, 5) is 121. The molecule has 22 heteroatoms. The Kier molecular flexibility index (Phi) is 14.3. The molecule has 6 N–H and O–H groups in total. The maximum atomic E-state index is 14.9. The first-order chi connectivity index (χ1) is 29.3. The number of carbonyl (C=O) groups excluding carboxylic acids is 7. The van der Waals surface area contributed by atoms with Gasteiger partial charge in [-0.1, -0.05) is 17.7 Å². The van der Waals surface area contributed by atoms with Crippen LogP contribution >= 0.6 is 7.82 Å². The minimum atomic E-state index is -5.20. The summed E-state index contributed by atoms with van der Waals surface area (Å²) in [6, 6.07) is -0.252. The molecular formula is C40H50F2N7O12P. The fourth-order valence-corrected chi connectivity index (χ4v) is 8.92. The summed E-state index contributed by atoms with van der Waals surface area (Å²) in [5.41, 5.74) is 1.15. The molecule has 4 aliphatic rings. The fraction of sp³-hybridized carbons (Fsp3) is 0.525. The Morgan fingerprint density at radius 2 is 1.53 bits per heavy atom. The number of cyclic esters (lactones) is 1. The zero-order valence-corrected chi connectivity index (χ0v) is 35.1. The van der Waals surface area contributed by atoms with Crippen LogP contribution in [0.25, 0.3) is 0 Å². The van der Waals surface area contributed by atoms with Crippen molar-refractivity contribution in [1.82, 2.24) is 30.7 Å². The number of rotatable bonds is 8. The lowest BCUT2D eigenvalue weighted by atomic mass is 9.98. The number of esters is 1. The van der Waals surface area contributed by atoms with E-state index >= 15 is 0 Å². The smallest absolute Gasteiger partial charge is 0.458 e. The van der Waals surface area contributed by atoms with Crippen molar-refractivity contribution in [3.8, 4) is 0 Å². The quantitative estimate of drug-likeness (QED) is 0.163. The molecule has 19 nitrogen and oxygen atoms in total. The number of aryl methyl sites for hydroxylation is 1. The van der Waals surface area contributed by atoms with Crippen LogP contribution in [0.15, 0.2) is 42.5 Å². The molecule has 0 saturated carbocycles. The Labute approximate surface area is 355 Å². The Morgan fingerprint density at radius 1 is 0.887 bits per heavy atom. The summed E-state index contributed by atoms with van der Waals surface area (Å²) in [5, 5.41) is 10.2. The minimum Gasteiger partial charge on any atom is -0.458 e. The van der Waals surface area contributed by atoms with Crippen LogP contribution in [0.2, 0.25) is 0 Å². The second-order valence-corrected chi connectivity index (χ2v) is 17.2. The van der Waals surface area contributed by atoms with Gasteiger partial charge in [-0.25, -0.2) is 22.9 Å². The molecule has 0 aromatic heterocycles. The molecule has 7 amide bonds. The number of nitrogens with zero attached hydrogens (tertiary/aromatic N) is 3. The predicted molar refractivity (Wildman–Crippen MR) is 213 cm³/mol. The maximum absolute atomic E-state index is 14.9. The number of carbonyl (C=O) groups is 7. The zero-order valence-electron chi connectivity index (χ0n) is 34.3. The third-order valence-electron chi connectivity index (χ3n) is 11.4. The molecule has 2 aromatic rings. The molecular weight excluding hydrogens is 839 g/mol. The molecule has 4 aliphatic heterocycles. The number of ether oxygens (including phenoxy) is 1. The number of phosphoric ester groups is 1. The van der Waals surface area contributed by atoms with E-state index in [1.54, 1.807) is 24.3 Å². The summed E-state index contributed by atoms with van der Waals surface area (Å²) >= 11 is 0. The lowest BCUT2D eigenvalue weighted by Gasteiger charge is -2.39. The summed E-state index contributed by atoms with van der Waals surface area (Å²) in [6.45, 7) is 4.13. The van der Waals surface area contributed by atoms with E-state index in [-0.39, 0.29) is 31.5 Å². The van der Waals surface area contributed by atoms with Gasteiger partial charge in [-0.3, -0.25) is 28.5 Å². The first kappa shape index (κ1) is 46.0. The van der Waals surface area contributed by atoms with E-state index in [1.807, 2.05) is 6.92 Å². The van der Waals surface area contributed by atoms with Crippen molar-refractivity contribution < 1.29 is 66.0 Å². The number of amides is 7. The lowest BCUT2D eigenvalue weighted by Crippen LogP contribution is -2.63. The first-order valence-electron chi connectivity index (χ1n) is 20.3. The molecule has 6 rings (SSSR count).